The van der Waals surface area contributed by atoms with Gasteiger partial charge in [0.05, 0.1) is 6.10 Å². The van der Waals surface area contributed by atoms with Crippen LogP contribution in [0.4, 0.5) is 5.69 Å². The lowest BCUT2D eigenvalue weighted by Gasteiger charge is -2.34. The number of guanidine groups is 1. The molecule has 1 heterocycles. The first-order valence-electron chi connectivity index (χ1n) is 9.62. The molecular weight excluding hydrogens is 455 g/mol. The quantitative estimate of drug-likeness (QED) is 0.350. The van der Waals surface area contributed by atoms with Crippen LogP contribution in [0.15, 0.2) is 29.3 Å². The highest BCUT2D eigenvalue weighted by atomic mass is 127. The molecule has 2 rings (SSSR count). The topological polar surface area (TPSA) is 66.0 Å². The first kappa shape index (κ1) is 23.7. The van der Waals surface area contributed by atoms with E-state index in [9.17, 15) is 4.79 Å². The summed E-state index contributed by atoms with van der Waals surface area (Å²) in [6.07, 6.45) is 3.84. The molecule has 1 aromatic carbocycles. The van der Waals surface area contributed by atoms with E-state index in [0.29, 0.717) is 19.1 Å². The van der Waals surface area contributed by atoms with Crippen LogP contribution in [0.5, 0.6) is 0 Å². The zero-order valence-corrected chi connectivity index (χ0v) is 19.0. The molecule has 1 saturated heterocycles. The highest BCUT2D eigenvalue weighted by molar-refractivity contribution is 14.0. The maximum Gasteiger partial charge on any atom is 0.224 e. The van der Waals surface area contributed by atoms with Crippen molar-refractivity contribution in [2.75, 3.05) is 32.1 Å². The molecule has 1 aliphatic rings. The summed E-state index contributed by atoms with van der Waals surface area (Å²) in [5, 5.41) is 6.37. The Morgan fingerprint density at radius 1 is 1.30 bits per heavy atom. The number of hydrogen-bond acceptors (Lipinski definition) is 3. The maximum absolute atomic E-state index is 11.8. The second-order valence-corrected chi connectivity index (χ2v) is 6.54. The predicted molar refractivity (Wildman–Crippen MR) is 122 cm³/mol. The van der Waals surface area contributed by atoms with Gasteiger partial charge in [-0.3, -0.25) is 9.79 Å². The fraction of sp³-hybridized carbons (Fsp3) is 0.600. The van der Waals surface area contributed by atoms with Crippen LogP contribution in [0.2, 0.25) is 0 Å². The van der Waals surface area contributed by atoms with Crippen molar-refractivity contribution in [3.63, 3.8) is 0 Å². The fourth-order valence-electron chi connectivity index (χ4n) is 3.19. The van der Waals surface area contributed by atoms with Gasteiger partial charge >= 0.3 is 0 Å². The number of ether oxygens (including phenoxy) is 1. The number of nitrogens with zero attached hydrogens (tertiary/aromatic N) is 2. The lowest BCUT2D eigenvalue weighted by molar-refractivity contribution is -0.116. The lowest BCUT2D eigenvalue weighted by Crippen LogP contribution is -2.46. The van der Waals surface area contributed by atoms with Crippen molar-refractivity contribution in [2.24, 2.45) is 4.99 Å². The van der Waals surface area contributed by atoms with Crippen molar-refractivity contribution in [1.82, 2.24) is 10.2 Å². The summed E-state index contributed by atoms with van der Waals surface area (Å²) in [6.45, 7) is 7.42. The van der Waals surface area contributed by atoms with Crippen molar-refractivity contribution in [3.8, 4) is 0 Å². The van der Waals surface area contributed by atoms with Crippen LogP contribution in [-0.4, -0.2) is 49.6 Å². The second kappa shape index (κ2) is 12.9. The average molecular weight is 488 g/mol. The Kier molecular flexibility index (Phi) is 11.3. The maximum atomic E-state index is 11.8. The molecule has 0 atom stereocenters. The summed E-state index contributed by atoms with van der Waals surface area (Å²) in [4.78, 5) is 18.4. The molecule has 6 nitrogen and oxygen atoms in total. The molecular formula is C20H33IN4O2. The van der Waals surface area contributed by atoms with Crippen LogP contribution in [0.3, 0.4) is 0 Å². The summed E-state index contributed by atoms with van der Waals surface area (Å²) in [7, 11) is 1.82. The van der Waals surface area contributed by atoms with Gasteiger partial charge in [0.2, 0.25) is 5.91 Å². The van der Waals surface area contributed by atoms with Gasteiger partial charge in [-0.2, -0.15) is 0 Å². The molecule has 1 amide bonds. The molecule has 27 heavy (non-hydrogen) atoms. The average Bonchev–Trinajstić information content (AvgIpc) is 2.64. The van der Waals surface area contributed by atoms with E-state index in [1.54, 1.807) is 0 Å². The minimum atomic E-state index is 0. The van der Waals surface area contributed by atoms with E-state index in [1.165, 1.54) is 0 Å². The molecule has 1 fully saturated rings. The normalized spacial score (nSPS) is 15.2. The summed E-state index contributed by atoms with van der Waals surface area (Å²) in [5.41, 5.74) is 1.96. The molecule has 0 spiro atoms. The number of anilines is 1. The van der Waals surface area contributed by atoms with E-state index in [4.69, 9.17) is 4.74 Å². The number of rotatable bonds is 7. The summed E-state index contributed by atoms with van der Waals surface area (Å²) >= 11 is 0. The molecule has 2 N–H and O–H groups in total. The van der Waals surface area contributed by atoms with Crippen molar-refractivity contribution in [3.05, 3.63) is 29.8 Å². The van der Waals surface area contributed by atoms with Crippen molar-refractivity contribution in [1.29, 1.82) is 0 Å². The molecule has 1 aromatic rings. The first-order valence-corrected chi connectivity index (χ1v) is 9.62. The Morgan fingerprint density at radius 3 is 2.67 bits per heavy atom. The number of halogens is 1. The number of hydrogen-bond donors (Lipinski definition) is 2. The smallest absolute Gasteiger partial charge is 0.224 e. The van der Waals surface area contributed by atoms with E-state index >= 15 is 0 Å². The van der Waals surface area contributed by atoms with Crippen molar-refractivity contribution < 1.29 is 9.53 Å². The molecule has 7 heteroatoms. The highest BCUT2D eigenvalue weighted by Gasteiger charge is 2.21. The molecule has 0 aromatic heterocycles. The Bertz CT molecular complexity index is 601. The van der Waals surface area contributed by atoms with Crippen LogP contribution in [0.1, 0.15) is 45.1 Å². The van der Waals surface area contributed by atoms with Gasteiger partial charge in [-0.1, -0.05) is 19.1 Å². The van der Waals surface area contributed by atoms with Gasteiger partial charge < -0.3 is 20.3 Å². The predicted octanol–water partition coefficient (Wildman–Crippen LogP) is 3.62. The van der Waals surface area contributed by atoms with Crippen molar-refractivity contribution in [2.45, 2.75) is 52.2 Å². The van der Waals surface area contributed by atoms with Gasteiger partial charge in [0.25, 0.3) is 0 Å². The standard InChI is InChI=1S/C20H32N4O2.HI/c1-4-7-19(25)23-17-9-6-8-16(14-17)15-22-20(21-3)24-12-10-18(11-13-24)26-5-2;/h6,8-9,14,18H,4-5,7,10-13,15H2,1-3H3,(H,21,22)(H,23,25);1H. The zero-order chi connectivity index (χ0) is 18.8. The second-order valence-electron chi connectivity index (χ2n) is 6.54. The van der Waals surface area contributed by atoms with Gasteiger partial charge in [-0.05, 0) is 43.9 Å². The Hall–Kier alpha value is -1.35. The molecule has 0 unspecified atom stereocenters. The van der Waals surface area contributed by atoms with Gasteiger partial charge in [0.1, 0.15) is 0 Å². The number of carbonyl (C=O) groups excluding carboxylic acids is 1. The van der Waals surface area contributed by atoms with Gasteiger partial charge in [-0.25, -0.2) is 0 Å². The van der Waals surface area contributed by atoms with Crippen LogP contribution < -0.4 is 10.6 Å². The number of aliphatic imine (C=N–C) groups is 1. The van der Waals surface area contributed by atoms with Gasteiger partial charge in [-0.15, -0.1) is 24.0 Å². The number of nitrogens with one attached hydrogen (secondary N) is 2. The van der Waals surface area contributed by atoms with E-state index < -0.39 is 0 Å². The summed E-state index contributed by atoms with van der Waals surface area (Å²) in [5.74, 6) is 0.978. The zero-order valence-electron chi connectivity index (χ0n) is 16.7. The van der Waals surface area contributed by atoms with E-state index in [-0.39, 0.29) is 29.9 Å². The lowest BCUT2D eigenvalue weighted by atomic mass is 10.1. The SMILES string of the molecule is CCCC(=O)Nc1cccc(CNC(=NC)N2CCC(OCC)CC2)c1.I. The number of piperidine rings is 1. The minimum absolute atomic E-state index is 0. The molecule has 0 radical (unpaired) electrons. The molecule has 0 bridgehead atoms. The summed E-state index contributed by atoms with van der Waals surface area (Å²) in [6, 6.07) is 7.95. The minimum Gasteiger partial charge on any atom is -0.378 e. The Morgan fingerprint density at radius 2 is 2.04 bits per heavy atom. The Balaban J connectivity index is 0.00000364. The van der Waals surface area contributed by atoms with E-state index in [1.807, 2.05) is 39.1 Å². The first-order chi connectivity index (χ1) is 12.7. The highest BCUT2D eigenvalue weighted by Crippen LogP contribution is 2.15. The third-order valence-corrected chi connectivity index (χ3v) is 4.49. The third-order valence-electron chi connectivity index (χ3n) is 4.49. The van der Waals surface area contributed by atoms with Gasteiger partial charge in [0.15, 0.2) is 5.96 Å². The van der Waals surface area contributed by atoms with Crippen LogP contribution in [0.25, 0.3) is 0 Å². The Labute approximate surface area is 180 Å². The number of amides is 1. The van der Waals surface area contributed by atoms with E-state index in [2.05, 4.69) is 26.6 Å². The van der Waals surface area contributed by atoms with Crippen molar-refractivity contribution >= 4 is 41.5 Å². The third kappa shape index (κ3) is 8.04. The number of benzene rings is 1. The van der Waals surface area contributed by atoms with Crippen LogP contribution in [-0.2, 0) is 16.1 Å². The van der Waals surface area contributed by atoms with Gasteiger partial charge in [0, 0.05) is 45.4 Å². The molecule has 1 aliphatic heterocycles. The number of likely N-dealkylation sites (tertiary alicyclic amines) is 1. The molecule has 0 aliphatic carbocycles. The fourth-order valence-corrected chi connectivity index (χ4v) is 3.19. The molecule has 0 saturated carbocycles. The number of carbonyl (C=O) groups is 1. The molecule has 152 valence electrons. The summed E-state index contributed by atoms with van der Waals surface area (Å²) < 4.78 is 5.71. The van der Waals surface area contributed by atoms with Crippen LogP contribution in [0, 0.1) is 0 Å². The largest absolute Gasteiger partial charge is 0.378 e. The van der Waals surface area contributed by atoms with E-state index in [0.717, 1.165) is 56.2 Å². The monoisotopic (exact) mass is 488 g/mol. The van der Waals surface area contributed by atoms with Crippen LogP contribution >= 0.6 is 24.0 Å².